The summed E-state index contributed by atoms with van der Waals surface area (Å²) in [4.78, 5) is 26.3. The van der Waals surface area contributed by atoms with Crippen LogP contribution in [0.15, 0.2) is 54.6 Å². The maximum absolute atomic E-state index is 13.3. The van der Waals surface area contributed by atoms with Crippen molar-refractivity contribution in [1.29, 1.82) is 0 Å². The molecule has 0 saturated carbocycles. The number of fused-ring (bicyclic) bond motifs is 1. The largest absolute Gasteiger partial charge is 0.326 e. The van der Waals surface area contributed by atoms with E-state index < -0.39 is 0 Å². The number of carbonyl (C=O) groups excluding carboxylic acids is 1. The van der Waals surface area contributed by atoms with E-state index in [0.717, 1.165) is 35.7 Å². The second kappa shape index (κ2) is 7.43. The van der Waals surface area contributed by atoms with E-state index in [9.17, 15) is 4.79 Å². The highest BCUT2D eigenvalue weighted by Crippen LogP contribution is 2.33. The van der Waals surface area contributed by atoms with Gasteiger partial charge in [-0.3, -0.25) is 4.79 Å². The number of aromatic nitrogens is 2. The molecule has 0 unspecified atom stereocenters. The Labute approximate surface area is 165 Å². The van der Waals surface area contributed by atoms with Crippen molar-refractivity contribution in [3.8, 4) is 0 Å². The predicted octanol–water partition coefficient (Wildman–Crippen LogP) is 4.45. The van der Waals surface area contributed by atoms with Gasteiger partial charge in [-0.15, -0.1) is 0 Å². The quantitative estimate of drug-likeness (QED) is 0.679. The van der Waals surface area contributed by atoms with Gasteiger partial charge < -0.3 is 9.80 Å². The zero-order chi connectivity index (χ0) is 19.7. The van der Waals surface area contributed by atoms with Gasteiger partial charge in [-0.25, -0.2) is 9.97 Å². The minimum atomic E-state index is -0.104. The summed E-state index contributed by atoms with van der Waals surface area (Å²) in [5, 5.41) is 0. The molecule has 0 bridgehead atoms. The van der Waals surface area contributed by atoms with E-state index in [0.29, 0.717) is 18.1 Å². The van der Waals surface area contributed by atoms with Gasteiger partial charge in [0.1, 0.15) is 17.3 Å². The first-order valence-electron chi connectivity index (χ1n) is 9.66. The van der Waals surface area contributed by atoms with Gasteiger partial charge in [0.05, 0.1) is 0 Å². The monoisotopic (exact) mass is 372 g/mol. The molecule has 0 fully saturated rings. The van der Waals surface area contributed by atoms with Crippen molar-refractivity contribution in [2.45, 2.75) is 27.2 Å². The number of rotatable bonds is 4. The molecule has 2 aromatic carbocycles. The van der Waals surface area contributed by atoms with Gasteiger partial charge in [-0.2, -0.15) is 0 Å². The Balaban J connectivity index is 1.70. The lowest BCUT2D eigenvalue weighted by atomic mass is 10.2. The molecule has 0 spiro atoms. The third-order valence-electron chi connectivity index (χ3n) is 5.08. The number of hydrogen-bond donors (Lipinski definition) is 0. The molecule has 3 aromatic rings. The van der Waals surface area contributed by atoms with Gasteiger partial charge in [0, 0.05) is 30.5 Å². The summed E-state index contributed by atoms with van der Waals surface area (Å²) in [5.74, 6) is 1.28. The first-order valence-corrected chi connectivity index (χ1v) is 9.66. The summed E-state index contributed by atoms with van der Waals surface area (Å²) in [6.07, 6.45) is 0.979. The van der Waals surface area contributed by atoms with Gasteiger partial charge in [0.2, 0.25) is 0 Å². The number of amides is 1. The molecule has 2 heterocycles. The molecule has 0 saturated heterocycles. The first-order chi connectivity index (χ1) is 13.6. The van der Waals surface area contributed by atoms with Crippen molar-refractivity contribution >= 4 is 23.1 Å². The van der Waals surface area contributed by atoms with Crippen LogP contribution in [0.2, 0.25) is 0 Å². The Hall–Kier alpha value is -3.21. The van der Waals surface area contributed by atoms with E-state index in [1.165, 1.54) is 5.56 Å². The summed E-state index contributed by atoms with van der Waals surface area (Å²) < 4.78 is 0. The smallest absolute Gasteiger partial charge is 0.277 e. The van der Waals surface area contributed by atoms with Crippen LogP contribution < -0.4 is 9.80 Å². The van der Waals surface area contributed by atoms with Crippen LogP contribution in [0.25, 0.3) is 0 Å². The molecule has 1 amide bonds. The number of para-hydroxylation sites is 1. The van der Waals surface area contributed by atoms with Crippen molar-refractivity contribution in [3.05, 3.63) is 77.2 Å². The van der Waals surface area contributed by atoms with Gasteiger partial charge >= 0.3 is 0 Å². The van der Waals surface area contributed by atoms with E-state index in [1.54, 1.807) is 4.90 Å². The van der Waals surface area contributed by atoms with Gasteiger partial charge in [0.15, 0.2) is 0 Å². The third kappa shape index (κ3) is 3.36. The summed E-state index contributed by atoms with van der Waals surface area (Å²) in [5.41, 5.74) is 4.90. The molecule has 1 aliphatic heterocycles. The van der Waals surface area contributed by atoms with Gasteiger partial charge in [-0.05, 0) is 56.5 Å². The molecule has 5 heteroatoms. The topological polar surface area (TPSA) is 49.3 Å². The fraction of sp³-hybridized carbons (Fsp3) is 0.261. The van der Waals surface area contributed by atoms with Crippen molar-refractivity contribution < 1.29 is 4.79 Å². The number of carbonyl (C=O) groups is 1. The van der Waals surface area contributed by atoms with Crippen LogP contribution in [0.4, 0.5) is 17.2 Å². The molecule has 0 atom stereocenters. The normalized spacial score (nSPS) is 12.8. The van der Waals surface area contributed by atoms with E-state index in [2.05, 4.69) is 33.1 Å². The Bertz CT molecular complexity index is 1030. The molecule has 1 aliphatic rings. The predicted molar refractivity (Wildman–Crippen MR) is 112 cm³/mol. The molecule has 0 N–H and O–H groups in total. The summed E-state index contributed by atoms with van der Waals surface area (Å²) in [6.45, 7) is 7.28. The standard InChI is InChI=1S/C23H24N4O/c1-4-26(19-10-7-8-16(2)14-19)23(28)20-15-22(25-17(3)24-20)27-13-12-18-9-5-6-11-21(18)27/h5-11,14-15H,4,12-13H2,1-3H3. The lowest BCUT2D eigenvalue weighted by Gasteiger charge is -2.23. The number of benzene rings is 2. The van der Waals surface area contributed by atoms with E-state index in [-0.39, 0.29) is 5.91 Å². The maximum atomic E-state index is 13.3. The van der Waals surface area contributed by atoms with Crippen LogP contribution in [0.1, 0.15) is 34.4 Å². The number of nitrogens with zero attached hydrogens (tertiary/aromatic N) is 4. The van der Waals surface area contributed by atoms with Crippen LogP contribution in [0.3, 0.4) is 0 Å². The lowest BCUT2D eigenvalue weighted by Crippen LogP contribution is -2.32. The minimum absolute atomic E-state index is 0.104. The molecular formula is C23H24N4O. The van der Waals surface area contributed by atoms with E-state index >= 15 is 0 Å². The average molecular weight is 372 g/mol. The Kier molecular flexibility index (Phi) is 4.82. The fourth-order valence-corrected chi connectivity index (χ4v) is 3.75. The Morgan fingerprint density at radius 3 is 2.68 bits per heavy atom. The van der Waals surface area contributed by atoms with Crippen molar-refractivity contribution in [2.24, 2.45) is 0 Å². The molecule has 142 valence electrons. The maximum Gasteiger partial charge on any atom is 0.277 e. The zero-order valence-corrected chi connectivity index (χ0v) is 16.5. The number of anilines is 3. The number of hydrogen-bond acceptors (Lipinski definition) is 4. The van der Waals surface area contributed by atoms with Crippen molar-refractivity contribution in [2.75, 3.05) is 22.9 Å². The zero-order valence-electron chi connectivity index (χ0n) is 16.5. The molecule has 1 aromatic heterocycles. The second-order valence-corrected chi connectivity index (χ2v) is 7.08. The molecule has 28 heavy (non-hydrogen) atoms. The molecule has 0 aliphatic carbocycles. The molecular weight excluding hydrogens is 348 g/mol. The minimum Gasteiger partial charge on any atom is -0.326 e. The van der Waals surface area contributed by atoms with Crippen LogP contribution in [0.5, 0.6) is 0 Å². The summed E-state index contributed by atoms with van der Waals surface area (Å²) >= 11 is 0. The SMILES string of the molecule is CCN(C(=O)c1cc(N2CCc3ccccc32)nc(C)n1)c1cccc(C)c1. The summed E-state index contributed by atoms with van der Waals surface area (Å²) in [7, 11) is 0. The van der Waals surface area contributed by atoms with Crippen LogP contribution >= 0.6 is 0 Å². The fourth-order valence-electron chi connectivity index (χ4n) is 3.75. The van der Waals surface area contributed by atoms with Gasteiger partial charge in [0.25, 0.3) is 5.91 Å². The van der Waals surface area contributed by atoms with Gasteiger partial charge in [-0.1, -0.05) is 30.3 Å². The molecule has 4 rings (SSSR count). The molecule has 0 radical (unpaired) electrons. The average Bonchev–Trinajstić information content (AvgIpc) is 3.12. The van der Waals surface area contributed by atoms with Crippen molar-refractivity contribution in [1.82, 2.24) is 9.97 Å². The first kappa shape index (κ1) is 18.2. The highest BCUT2D eigenvalue weighted by atomic mass is 16.2. The number of aryl methyl sites for hydroxylation is 2. The lowest BCUT2D eigenvalue weighted by molar-refractivity contribution is 0.0983. The summed E-state index contributed by atoms with van der Waals surface area (Å²) in [6, 6.07) is 18.1. The van der Waals surface area contributed by atoms with Crippen molar-refractivity contribution in [3.63, 3.8) is 0 Å². The highest BCUT2D eigenvalue weighted by molar-refractivity contribution is 6.05. The highest BCUT2D eigenvalue weighted by Gasteiger charge is 2.24. The van der Waals surface area contributed by atoms with Crippen LogP contribution in [-0.4, -0.2) is 29.0 Å². The van der Waals surface area contributed by atoms with E-state index in [1.807, 2.05) is 57.2 Å². The second-order valence-electron chi connectivity index (χ2n) is 7.08. The third-order valence-corrected chi connectivity index (χ3v) is 5.08. The molecule has 5 nitrogen and oxygen atoms in total. The Morgan fingerprint density at radius 2 is 1.89 bits per heavy atom. The van der Waals surface area contributed by atoms with Crippen LogP contribution in [0, 0.1) is 13.8 Å². The van der Waals surface area contributed by atoms with Crippen LogP contribution in [-0.2, 0) is 6.42 Å². The Morgan fingerprint density at radius 1 is 1.07 bits per heavy atom. The van der Waals surface area contributed by atoms with E-state index in [4.69, 9.17) is 0 Å².